The first kappa shape index (κ1) is 44.6. The van der Waals surface area contributed by atoms with Gasteiger partial charge in [0.1, 0.15) is 37.6 Å². The minimum absolute atomic E-state index is 0.00147. The fourth-order valence-electron chi connectivity index (χ4n) is 5.16. The van der Waals surface area contributed by atoms with E-state index in [-0.39, 0.29) is 40.7 Å². The third kappa shape index (κ3) is 11.0. The second-order valence-electron chi connectivity index (χ2n) is 11.7. The summed E-state index contributed by atoms with van der Waals surface area (Å²) in [5.74, 6) is -2.41. The van der Waals surface area contributed by atoms with E-state index < -0.39 is 111 Å². The van der Waals surface area contributed by atoms with E-state index in [1.807, 2.05) is 0 Å². The van der Waals surface area contributed by atoms with Gasteiger partial charge in [0.15, 0.2) is 15.6 Å². The molecule has 24 nitrogen and oxygen atoms in total. The van der Waals surface area contributed by atoms with Crippen LogP contribution in [-0.4, -0.2) is 99.3 Å². The average molecular weight is 920 g/mol. The van der Waals surface area contributed by atoms with Gasteiger partial charge < -0.3 is 20.5 Å². The van der Waals surface area contributed by atoms with Crippen molar-refractivity contribution in [2.75, 3.05) is 29.6 Å². The normalized spacial score (nSPS) is 12.8. The fraction of sp³-hybridized carbons (Fsp3) is 0.167. The van der Waals surface area contributed by atoms with Crippen LogP contribution in [0.5, 0.6) is 11.5 Å². The Morgan fingerprint density at radius 2 is 1.32 bits per heavy atom. The molecule has 0 saturated heterocycles. The van der Waals surface area contributed by atoms with Crippen molar-refractivity contribution < 1.29 is 74.3 Å². The minimum atomic E-state index is -5.41. The number of hydrogen-bond donors (Lipinski definition) is 7. The first-order valence-electron chi connectivity index (χ1n) is 15.9. The topological polar surface area (TPSA) is 378 Å². The molecule has 1 aromatic heterocycles. The number of aryl methyl sites for hydroxylation is 1. The Labute approximate surface area is 335 Å². The third-order valence-corrected chi connectivity index (χ3v) is 12.4. The summed E-state index contributed by atoms with van der Waals surface area (Å²) >= 11 is 0. The largest absolute Gasteiger partial charge is 0.505 e. The number of benzene rings is 4. The summed E-state index contributed by atoms with van der Waals surface area (Å²) in [7, 11) is -24.6. The number of nitrogens with one attached hydrogen (secondary N) is 2. The summed E-state index contributed by atoms with van der Waals surface area (Å²) in [6.45, 7) is 2.28. The Morgan fingerprint density at radius 1 is 0.695 bits per heavy atom. The molecule has 59 heavy (non-hydrogen) atoms. The van der Waals surface area contributed by atoms with Crippen LogP contribution in [0.4, 0.5) is 34.6 Å². The number of phenols is 1. The van der Waals surface area contributed by atoms with Gasteiger partial charge in [-0.05, 0) is 68.4 Å². The lowest BCUT2D eigenvalue weighted by atomic mass is 10.1. The van der Waals surface area contributed by atoms with Crippen LogP contribution in [0.1, 0.15) is 12.7 Å². The number of nitrogens with zero attached hydrogens (tertiary/aromatic N) is 5. The summed E-state index contributed by atoms with van der Waals surface area (Å²) < 4.78 is 170. The second-order valence-corrected chi connectivity index (χ2v) is 19.0. The van der Waals surface area contributed by atoms with Gasteiger partial charge in [-0.25, -0.2) is 12.6 Å². The molecule has 0 spiro atoms. The molecule has 0 radical (unpaired) electrons. The molecule has 0 aliphatic carbocycles. The van der Waals surface area contributed by atoms with E-state index in [1.54, 1.807) is 6.92 Å². The first-order valence-corrected chi connectivity index (χ1v) is 23.3. The summed E-state index contributed by atoms with van der Waals surface area (Å²) in [6.07, 6.45) is 0. The Bertz CT molecular complexity index is 3080. The lowest BCUT2D eigenvalue weighted by Crippen LogP contribution is -2.15. The number of azo groups is 1. The van der Waals surface area contributed by atoms with Crippen molar-refractivity contribution in [2.24, 2.45) is 10.2 Å². The summed E-state index contributed by atoms with van der Waals surface area (Å²) in [4.78, 5) is 8.93. The highest BCUT2D eigenvalue weighted by Gasteiger charge is 2.29. The number of sulfone groups is 1. The molecule has 0 bridgehead atoms. The molecule has 5 aromatic rings. The number of aromatic hydroxyl groups is 1. The zero-order valence-corrected chi connectivity index (χ0v) is 33.9. The van der Waals surface area contributed by atoms with Crippen LogP contribution in [-0.2, 0) is 54.8 Å². The molecule has 0 fully saturated rings. The highest BCUT2D eigenvalue weighted by Crippen LogP contribution is 2.45. The van der Waals surface area contributed by atoms with Gasteiger partial charge in [-0.1, -0.05) is 0 Å². The van der Waals surface area contributed by atoms with Gasteiger partial charge in [0.25, 0.3) is 30.4 Å². The van der Waals surface area contributed by atoms with E-state index in [2.05, 4.69) is 40.0 Å². The number of hydrogen-bond acceptors (Lipinski definition) is 20. The third-order valence-electron chi connectivity index (χ3n) is 7.55. The van der Waals surface area contributed by atoms with Gasteiger partial charge in [0.2, 0.25) is 11.9 Å². The highest BCUT2D eigenvalue weighted by atomic mass is 32.3. The predicted octanol–water partition coefficient (Wildman–Crippen LogP) is 3.67. The molecule has 0 unspecified atom stereocenters. The zero-order chi connectivity index (χ0) is 43.7. The Kier molecular flexibility index (Phi) is 12.6. The standard InChI is InChI=1S/C30H29N7O17S5/c1-3-53-18-6-10-22(24(14-18)56(41,42)43)36-37-26-25(57(44,45)46)15-21-20(27(26)38)9-11-23(28(21)58(47,48)49)34-30-32-16(2)31-29(35-30)33-17-4-7-19(8-5-17)55(39,40)13-12-54-59(50,51)52/h4-11,14-15,38H,3,12-13H2,1-2H3,(H,41,42,43)(H,44,45,46)(H,47,48,49)(H,50,51,52)(H2,31,32,33,34,35). The van der Waals surface area contributed by atoms with Gasteiger partial charge in [0.05, 0.1) is 29.5 Å². The van der Waals surface area contributed by atoms with Crippen molar-refractivity contribution in [3.8, 4) is 11.5 Å². The molecular weight excluding hydrogens is 891 g/mol. The molecule has 29 heteroatoms. The van der Waals surface area contributed by atoms with Gasteiger partial charge in [-0.3, -0.25) is 18.2 Å². The highest BCUT2D eigenvalue weighted by molar-refractivity contribution is 7.91. The lowest BCUT2D eigenvalue weighted by molar-refractivity contribution is 0.284. The molecule has 316 valence electrons. The number of rotatable bonds is 16. The van der Waals surface area contributed by atoms with Crippen molar-refractivity contribution in [1.29, 1.82) is 0 Å². The molecule has 5 rings (SSSR count). The van der Waals surface area contributed by atoms with Crippen LogP contribution in [0.3, 0.4) is 0 Å². The monoisotopic (exact) mass is 919 g/mol. The van der Waals surface area contributed by atoms with E-state index >= 15 is 0 Å². The van der Waals surface area contributed by atoms with Crippen molar-refractivity contribution in [1.82, 2.24) is 15.0 Å². The van der Waals surface area contributed by atoms with Gasteiger partial charge >= 0.3 is 10.4 Å². The Hall–Kier alpha value is -5.50. The zero-order valence-electron chi connectivity index (χ0n) is 29.8. The maximum Gasteiger partial charge on any atom is 0.397 e. The van der Waals surface area contributed by atoms with Crippen LogP contribution >= 0.6 is 0 Å². The Balaban J connectivity index is 1.53. The summed E-state index contributed by atoms with van der Waals surface area (Å²) in [6, 6.07) is 10.7. The smallest absolute Gasteiger partial charge is 0.397 e. The molecule has 4 aromatic carbocycles. The van der Waals surface area contributed by atoms with E-state index in [0.717, 1.165) is 36.4 Å². The quantitative estimate of drug-likeness (QED) is 0.0548. The lowest BCUT2D eigenvalue weighted by Gasteiger charge is -2.15. The van der Waals surface area contributed by atoms with Gasteiger partial charge in [-0.15, -0.1) is 10.2 Å². The number of aromatic nitrogens is 3. The van der Waals surface area contributed by atoms with E-state index in [9.17, 15) is 60.9 Å². The van der Waals surface area contributed by atoms with Crippen molar-refractivity contribution in [3.05, 3.63) is 66.5 Å². The molecular formula is C30H29N7O17S5. The van der Waals surface area contributed by atoms with Crippen molar-refractivity contribution >= 4 is 96.0 Å². The molecule has 0 aliphatic rings. The Morgan fingerprint density at radius 3 is 1.90 bits per heavy atom. The number of anilines is 4. The van der Waals surface area contributed by atoms with Crippen LogP contribution in [0.2, 0.25) is 0 Å². The van der Waals surface area contributed by atoms with E-state index in [0.29, 0.717) is 6.07 Å². The predicted molar refractivity (Wildman–Crippen MR) is 204 cm³/mol. The number of fused-ring (bicyclic) bond motifs is 1. The van der Waals surface area contributed by atoms with Crippen molar-refractivity contribution in [3.63, 3.8) is 0 Å². The van der Waals surface area contributed by atoms with Crippen molar-refractivity contribution in [2.45, 2.75) is 33.4 Å². The SMILES string of the molecule is CCOc1ccc(N=Nc2c(S(=O)(=O)O)cc3c(S(=O)(=O)O)c(Nc4nc(C)nc(Nc5ccc(S(=O)(=O)CCOS(=O)(=O)O)cc5)n4)ccc3c2O)c(S(=O)(=O)O)c1. The summed E-state index contributed by atoms with van der Waals surface area (Å²) in [5, 5.41) is 22.6. The molecule has 0 amide bonds. The van der Waals surface area contributed by atoms with Crippen LogP contribution in [0.25, 0.3) is 10.8 Å². The maximum absolute atomic E-state index is 12.8. The minimum Gasteiger partial charge on any atom is -0.505 e. The maximum atomic E-state index is 12.8. The van der Waals surface area contributed by atoms with Crippen LogP contribution < -0.4 is 15.4 Å². The summed E-state index contributed by atoms with van der Waals surface area (Å²) in [5.41, 5.74) is -1.84. The number of ether oxygens (including phenoxy) is 1. The number of phenolic OH excluding ortho intramolecular Hbond substituents is 1. The molecule has 1 heterocycles. The first-order chi connectivity index (χ1) is 27.3. The van der Waals surface area contributed by atoms with Gasteiger partial charge in [0, 0.05) is 22.5 Å². The van der Waals surface area contributed by atoms with E-state index in [1.165, 1.54) is 25.1 Å². The van der Waals surface area contributed by atoms with Crippen LogP contribution in [0, 0.1) is 6.92 Å². The molecule has 0 saturated carbocycles. The molecule has 0 atom stereocenters. The average Bonchev–Trinajstić information content (AvgIpc) is 3.09. The second kappa shape index (κ2) is 16.6. The fourth-order valence-corrected chi connectivity index (χ4v) is 8.78. The van der Waals surface area contributed by atoms with Crippen LogP contribution in [0.15, 0.2) is 90.5 Å². The van der Waals surface area contributed by atoms with Gasteiger partial charge in [-0.2, -0.15) is 48.6 Å². The molecule has 0 aliphatic heterocycles. The van der Waals surface area contributed by atoms with E-state index in [4.69, 9.17) is 9.29 Å². The molecule has 7 N–H and O–H groups in total.